The molecule has 3 aromatic rings. The Morgan fingerprint density at radius 1 is 0.410 bits per heavy atom. The molecule has 0 aliphatic heterocycles. The molecule has 0 fully saturated rings. The van der Waals surface area contributed by atoms with Crippen LogP contribution in [0.15, 0.2) is 91.0 Å². The van der Waals surface area contributed by atoms with Crippen LogP contribution in [0.25, 0.3) is 0 Å². The first-order chi connectivity index (χ1) is 19.1. The van der Waals surface area contributed by atoms with E-state index in [0.717, 1.165) is 0 Å². The smallest absolute Gasteiger partial charge is 0.292 e. The number of para-hydroxylation sites is 3. The van der Waals surface area contributed by atoms with Crippen molar-refractivity contribution in [2.75, 3.05) is 0 Å². The van der Waals surface area contributed by atoms with Gasteiger partial charge in [-0.1, -0.05) is 137 Å². The number of benzene rings is 3. The van der Waals surface area contributed by atoms with E-state index in [-0.39, 0.29) is 0 Å². The molecule has 0 heterocycles. The minimum Gasteiger partial charge on any atom is -0.388 e. The fourth-order valence-corrected chi connectivity index (χ4v) is 1.62. The Morgan fingerprint density at radius 2 is 0.564 bits per heavy atom. The van der Waals surface area contributed by atoms with Crippen LogP contribution in [0, 0.1) is 34.6 Å². The number of ether oxygens (including phenoxy) is 3. The molecule has 39 heavy (non-hydrogen) atoms. The van der Waals surface area contributed by atoms with E-state index in [9.17, 15) is 0 Å². The maximum atomic E-state index is 8.05. The van der Waals surface area contributed by atoms with E-state index in [2.05, 4.69) is 41.9 Å². The highest BCUT2D eigenvalue weighted by Gasteiger charge is 1.86. The highest BCUT2D eigenvalue weighted by atomic mass is 16.5. The van der Waals surface area contributed by atoms with Crippen molar-refractivity contribution < 1.29 is 14.2 Å². The summed E-state index contributed by atoms with van der Waals surface area (Å²) >= 11 is 0. The van der Waals surface area contributed by atoms with Crippen LogP contribution in [0.4, 0.5) is 0 Å². The van der Waals surface area contributed by atoms with Crippen LogP contribution in [-0.2, 0) is 0 Å². The standard InChI is InChI=1S/3C7H5NO.2C3H8.3C2H6/c3*8-6-9-7-4-2-1-3-5-7;2*1-3-2;3*1-2/h3*1-5H;2*3H2,1-2H3;3*1-2H3. The Balaban J connectivity index is -0.000000124. The summed E-state index contributed by atoms with van der Waals surface area (Å²) in [5, 5.41) is 24.1. The summed E-state index contributed by atoms with van der Waals surface area (Å²) in [6.07, 6.45) is 7.25. The summed E-state index contributed by atoms with van der Waals surface area (Å²) in [6.45, 7) is 20.5. The number of nitriles is 3. The first-order valence-electron chi connectivity index (χ1n) is 13.5. The molecule has 0 saturated heterocycles. The second kappa shape index (κ2) is 46.8. The van der Waals surface area contributed by atoms with Crippen LogP contribution in [0.5, 0.6) is 17.2 Å². The van der Waals surface area contributed by atoms with Crippen molar-refractivity contribution in [1.29, 1.82) is 15.8 Å². The molecule has 0 aliphatic carbocycles. The topological polar surface area (TPSA) is 99.1 Å². The molecule has 3 rings (SSSR count). The Kier molecular flexibility index (Phi) is 53.4. The molecule has 0 spiro atoms. The molecule has 214 valence electrons. The van der Waals surface area contributed by atoms with Gasteiger partial charge in [0.1, 0.15) is 17.2 Å². The zero-order chi connectivity index (χ0) is 31.0. The van der Waals surface area contributed by atoms with E-state index >= 15 is 0 Å². The predicted octanol–water partition coefficient (Wildman–Crippen LogP) is 10.6. The molecule has 6 heteroatoms. The molecule has 0 radical (unpaired) electrons. The maximum absolute atomic E-state index is 8.05. The average Bonchev–Trinajstić information content (AvgIpc) is 3.00. The van der Waals surface area contributed by atoms with E-state index in [4.69, 9.17) is 15.8 Å². The van der Waals surface area contributed by atoms with Crippen molar-refractivity contribution in [3.05, 3.63) is 91.0 Å². The minimum atomic E-state index is 0.583. The molecule has 6 nitrogen and oxygen atoms in total. The molecule has 0 bridgehead atoms. The van der Waals surface area contributed by atoms with E-state index in [1.54, 1.807) is 55.2 Å². The van der Waals surface area contributed by atoms with Crippen LogP contribution in [0.2, 0.25) is 0 Å². The highest BCUT2D eigenvalue weighted by molar-refractivity contribution is 5.23. The third-order valence-electron chi connectivity index (χ3n) is 2.72. The van der Waals surface area contributed by atoms with E-state index < -0.39 is 0 Å². The maximum Gasteiger partial charge on any atom is 0.292 e. The molecule has 0 unspecified atom stereocenters. The van der Waals surface area contributed by atoms with Gasteiger partial charge in [-0.05, 0) is 36.4 Å². The monoisotopic (exact) mass is 535 g/mol. The zero-order valence-electron chi connectivity index (χ0n) is 25.6. The molecular weight excluding hydrogens is 486 g/mol. The van der Waals surface area contributed by atoms with Crippen LogP contribution >= 0.6 is 0 Å². The fraction of sp³-hybridized carbons (Fsp3) is 0.364. The Morgan fingerprint density at radius 3 is 0.692 bits per heavy atom. The van der Waals surface area contributed by atoms with Gasteiger partial charge >= 0.3 is 0 Å². The lowest BCUT2D eigenvalue weighted by Gasteiger charge is -1.89. The molecule has 0 aromatic heterocycles. The molecular formula is C33H49N3O3. The van der Waals surface area contributed by atoms with Crippen LogP contribution < -0.4 is 14.2 Å². The summed E-state index contributed by atoms with van der Waals surface area (Å²) in [4.78, 5) is 0. The van der Waals surface area contributed by atoms with Gasteiger partial charge in [-0.3, -0.25) is 0 Å². The van der Waals surface area contributed by atoms with Gasteiger partial charge in [0.2, 0.25) is 0 Å². The van der Waals surface area contributed by atoms with Gasteiger partial charge in [-0.25, -0.2) is 0 Å². The largest absolute Gasteiger partial charge is 0.388 e. The van der Waals surface area contributed by atoms with E-state index in [1.165, 1.54) is 12.8 Å². The number of rotatable bonds is 3. The van der Waals surface area contributed by atoms with Gasteiger partial charge in [-0.15, -0.1) is 15.8 Å². The third kappa shape index (κ3) is 41.0. The number of hydrogen-bond acceptors (Lipinski definition) is 6. The summed E-state index contributed by atoms with van der Waals surface area (Å²) in [5.74, 6) is 1.75. The zero-order valence-corrected chi connectivity index (χ0v) is 25.6. The summed E-state index contributed by atoms with van der Waals surface area (Å²) in [7, 11) is 0. The van der Waals surface area contributed by atoms with E-state index in [1.807, 2.05) is 96.1 Å². The van der Waals surface area contributed by atoms with Gasteiger partial charge < -0.3 is 14.2 Å². The minimum absolute atomic E-state index is 0.583. The van der Waals surface area contributed by atoms with Crippen LogP contribution in [-0.4, -0.2) is 0 Å². The normalized spacial score (nSPS) is 6.85. The average molecular weight is 536 g/mol. The third-order valence-corrected chi connectivity index (χ3v) is 2.72. The van der Waals surface area contributed by atoms with Crippen LogP contribution in [0.1, 0.15) is 82.1 Å². The first kappa shape index (κ1) is 44.5. The predicted molar refractivity (Wildman–Crippen MR) is 164 cm³/mol. The summed E-state index contributed by atoms with van der Waals surface area (Å²) < 4.78 is 13.5. The SMILES string of the molecule is CC.CC.CC.CCC.CCC.N#COc1ccccc1.N#COc1ccccc1.N#COc1ccccc1. The second-order valence-corrected chi connectivity index (χ2v) is 5.93. The molecule has 0 amide bonds. The quantitative estimate of drug-likeness (QED) is 0.309. The van der Waals surface area contributed by atoms with Crippen molar-refractivity contribution in [3.8, 4) is 36.0 Å². The van der Waals surface area contributed by atoms with Gasteiger partial charge in [0.05, 0.1) is 0 Å². The Labute approximate surface area is 239 Å². The van der Waals surface area contributed by atoms with Crippen molar-refractivity contribution >= 4 is 0 Å². The van der Waals surface area contributed by atoms with Crippen LogP contribution in [0.3, 0.4) is 0 Å². The van der Waals surface area contributed by atoms with Crippen molar-refractivity contribution in [2.24, 2.45) is 0 Å². The van der Waals surface area contributed by atoms with Gasteiger partial charge in [0.15, 0.2) is 0 Å². The lowest BCUT2D eigenvalue weighted by atomic mass is 10.3. The number of hydrogen-bond donors (Lipinski definition) is 0. The van der Waals surface area contributed by atoms with Gasteiger partial charge in [0.25, 0.3) is 18.8 Å². The van der Waals surface area contributed by atoms with Gasteiger partial charge in [0, 0.05) is 0 Å². The number of nitrogens with zero attached hydrogens (tertiary/aromatic N) is 3. The Hall–Kier alpha value is -4.47. The fourth-order valence-electron chi connectivity index (χ4n) is 1.62. The Bertz CT molecular complexity index is 791. The van der Waals surface area contributed by atoms with Crippen molar-refractivity contribution in [1.82, 2.24) is 0 Å². The second-order valence-electron chi connectivity index (χ2n) is 5.93. The lowest BCUT2D eigenvalue weighted by Crippen LogP contribution is -1.78. The molecule has 0 atom stereocenters. The van der Waals surface area contributed by atoms with E-state index in [0.29, 0.717) is 17.2 Å². The molecule has 0 N–H and O–H groups in total. The van der Waals surface area contributed by atoms with Crippen molar-refractivity contribution in [3.63, 3.8) is 0 Å². The highest BCUT2D eigenvalue weighted by Crippen LogP contribution is 2.07. The van der Waals surface area contributed by atoms with Crippen molar-refractivity contribution in [2.45, 2.75) is 82.1 Å². The molecule has 0 saturated carbocycles. The molecule has 3 aromatic carbocycles. The molecule has 0 aliphatic rings. The first-order valence-corrected chi connectivity index (χ1v) is 13.5. The lowest BCUT2D eigenvalue weighted by molar-refractivity contribution is 0.507. The summed E-state index contributed by atoms with van der Waals surface area (Å²) in [6, 6.07) is 26.8. The van der Waals surface area contributed by atoms with Gasteiger partial charge in [-0.2, -0.15) is 0 Å². The summed E-state index contributed by atoms with van der Waals surface area (Å²) in [5.41, 5.74) is 0.